The van der Waals surface area contributed by atoms with E-state index in [1.165, 1.54) is 11.5 Å². The molecule has 1 saturated heterocycles. The van der Waals surface area contributed by atoms with Gasteiger partial charge >= 0.3 is 0 Å². The standard InChI is InChI=1S/C10H16ClN3OS/c1-7-3-4-14(6-9(7)15-2)5-8-10(11)16-13-12-8/h7,9H,3-6H2,1-2H3. The molecule has 0 bridgehead atoms. The highest BCUT2D eigenvalue weighted by atomic mass is 35.5. The van der Waals surface area contributed by atoms with Crippen molar-refractivity contribution in [2.45, 2.75) is 26.0 Å². The molecule has 2 heterocycles. The van der Waals surface area contributed by atoms with Crippen molar-refractivity contribution < 1.29 is 4.74 Å². The molecule has 1 fully saturated rings. The van der Waals surface area contributed by atoms with Gasteiger partial charge in [0.25, 0.3) is 0 Å². The number of nitrogens with zero attached hydrogens (tertiary/aromatic N) is 3. The number of rotatable bonds is 3. The largest absolute Gasteiger partial charge is 0.380 e. The van der Waals surface area contributed by atoms with Gasteiger partial charge in [0.2, 0.25) is 0 Å². The van der Waals surface area contributed by atoms with Crippen LogP contribution >= 0.6 is 23.1 Å². The average molecular weight is 262 g/mol. The van der Waals surface area contributed by atoms with E-state index < -0.39 is 0 Å². The summed E-state index contributed by atoms with van der Waals surface area (Å²) in [5.74, 6) is 0.630. The lowest BCUT2D eigenvalue weighted by Gasteiger charge is -2.35. The first-order valence-corrected chi connectivity index (χ1v) is 6.57. The van der Waals surface area contributed by atoms with Gasteiger partial charge in [0.05, 0.1) is 6.10 Å². The molecule has 4 nitrogen and oxygen atoms in total. The Balaban J connectivity index is 1.94. The van der Waals surface area contributed by atoms with Gasteiger partial charge in [-0.1, -0.05) is 23.0 Å². The van der Waals surface area contributed by atoms with E-state index in [-0.39, 0.29) is 0 Å². The Morgan fingerprint density at radius 2 is 2.44 bits per heavy atom. The Labute approximate surface area is 105 Å². The van der Waals surface area contributed by atoms with Crippen molar-refractivity contribution in [3.8, 4) is 0 Å². The number of likely N-dealkylation sites (tertiary alicyclic amines) is 1. The lowest BCUT2D eigenvalue weighted by molar-refractivity contribution is -0.00778. The van der Waals surface area contributed by atoms with Crippen LogP contribution in [-0.2, 0) is 11.3 Å². The molecule has 1 aromatic heterocycles. The molecule has 2 atom stereocenters. The molecule has 2 rings (SSSR count). The third-order valence-corrected chi connectivity index (χ3v) is 4.14. The Morgan fingerprint density at radius 3 is 3.06 bits per heavy atom. The smallest absolute Gasteiger partial charge is 0.138 e. The molecule has 2 unspecified atom stereocenters. The van der Waals surface area contributed by atoms with Crippen LogP contribution in [0, 0.1) is 5.92 Å². The van der Waals surface area contributed by atoms with Crippen LogP contribution in [0.1, 0.15) is 19.0 Å². The molecule has 6 heteroatoms. The minimum Gasteiger partial charge on any atom is -0.380 e. The summed E-state index contributed by atoms with van der Waals surface area (Å²) in [7, 11) is 1.78. The van der Waals surface area contributed by atoms with E-state index in [9.17, 15) is 0 Å². The van der Waals surface area contributed by atoms with Crippen molar-refractivity contribution in [3.05, 3.63) is 10.0 Å². The fraction of sp³-hybridized carbons (Fsp3) is 0.800. The van der Waals surface area contributed by atoms with Gasteiger partial charge in [0.1, 0.15) is 10.0 Å². The number of hydrogen-bond donors (Lipinski definition) is 0. The zero-order valence-corrected chi connectivity index (χ0v) is 11.1. The topological polar surface area (TPSA) is 38.2 Å². The number of ether oxygens (including phenoxy) is 1. The zero-order chi connectivity index (χ0) is 11.5. The van der Waals surface area contributed by atoms with Crippen LogP contribution in [0.4, 0.5) is 0 Å². The van der Waals surface area contributed by atoms with Crippen molar-refractivity contribution in [1.82, 2.24) is 14.5 Å². The fourth-order valence-electron chi connectivity index (χ4n) is 2.05. The highest BCUT2D eigenvalue weighted by molar-refractivity contribution is 7.10. The lowest BCUT2D eigenvalue weighted by Crippen LogP contribution is -2.43. The summed E-state index contributed by atoms with van der Waals surface area (Å²) in [6, 6.07) is 0. The molecule has 90 valence electrons. The van der Waals surface area contributed by atoms with E-state index in [1.54, 1.807) is 7.11 Å². The molecular formula is C10H16ClN3OS. The fourth-order valence-corrected chi connectivity index (χ4v) is 2.66. The maximum absolute atomic E-state index is 5.99. The Morgan fingerprint density at radius 1 is 1.62 bits per heavy atom. The predicted molar refractivity (Wildman–Crippen MR) is 64.8 cm³/mol. The molecule has 0 aliphatic carbocycles. The molecule has 0 spiro atoms. The summed E-state index contributed by atoms with van der Waals surface area (Å²) < 4.78 is 10.0. The normalized spacial score (nSPS) is 27.2. The molecule has 0 radical (unpaired) electrons. The molecule has 16 heavy (non-hydrogen) atoms. The minimum absolute atomic E-state index is 0.319. The first-order valence-electron chi connectivity index (χ1n) is 5.42. The molecule has 0 aromatic carbocycles. The summed E-state index contributed by atoms with van der Waals surface area (Å²) in [6.07, 6.45) is 1.48. The number of hydrogen-bond acceptors (Lipinski definition) is 5. The molecule has 0 N–H and O–H groups in total. The molecule has 0 saturated carbocycles. The molecule has 1 aliphatic heterocycles. The Hall–Kier alpha value is -0.230. The number of aromatic nitrogens is 2. The van der Waals surface area contributed by atoms with Crippen LogP contribution in [0.25, 0.3) is 0 Å². The summed E-state index contributed by atoms with van der Waals surface area (Å²) >= 11 is 7.24. The average Bonchev–Trinajstić information content (AvgIpc) is 2.67. The molecule has 1 aliphatic rings. The van der Waals surface area contributed by atoms with E-state index in [0.29, 0.717) is 16.4 Å². The Kier molecular flexibility index (Phi) is 4.13. The summed E-state index contributed by atoms with van der Waals surface area (Å²) in [5, 5.41) is 4.03. The highest BCUT2D eigenvalue weighted by Gasteiger charge is 2.26. The van der Waals surface area contributed by atoms with Gasteiger partial charge < -0.3 is 4.74 Å². The maximum Gasteiger partial charge on any atom is 0.138 e. The monoisotopic (exact) mass is 261 g/mol. The highest BCUT2D eigenvalue weighted by Crippen LogP contribution is 2.23. The SMILES string of the molecule is COC1CN(Cc2nnsc2Cl)CCC1C. The van der Waals surface area contributed by atoms with Crippen molar-refractivity contribution in [2.75, 3.05) is 20.2 Å². The van der Waals surface area contributed by atoms with E-state index in [2.05, 4.69) is 21.4 Å². The third kappa shape index (κ3) is 2.71. The first-order chi connectivity index (χ1) is 7.70. The van der Waals surface area contributed by atoms with Gasteiger partial charge in [-0.05, 0) is 18.9 Å². The summed E-state index contributed by atoms with van der Waals surface area (Å²) in [6.45, 7) is 5.05. The molecular weight excluding hydrogens is 246 g/mol. The van der Waals surface area contributed by atoms with Gasteiger partial charge in [-0.2, -0.15) is 0 Å². The number of methoxy groups -OCH3 is 1. The van der Waals surface area contributed by atoms with Crippen LogP contribution in [0.3, 0.4) is 0 Å². The van der Waals surface area contributed by atoms with Crippen molar-refractivity contribution in [2.24, 2.45) is 5.92 Å². The first kappa shape index (κ1) is 12.2. The van der Waals surface area contributed by atoms with Gasteiger partial charge in [-0.3, -0.25) is 4.90 Å². The van der Waals surface area contributed by atoms with E-state index in [1.807, 2.05) is 0 Å². The summed E-state index contributed by atoms with van der Waals surface area (Å²) in [4.78, 5) is 2.33. The van der Waals surface area contributed by atoms with E-state index in [4.69, 9.17) is 16.3 Å². The summed E-state index contributed by atoms with van der Waals surface area (Å²) in [5.41, 5.74) is 0.885. The van der Waals surface area contributed by atoms with Crippen LogP contribution < -0.4 is 0 Å². The maximum atomic E-state index is 5.99. The second kappa shape index (κ2) is 5.40. The zero-order valence-electron chi connectivity index (χ0n) is 9.52. The predicted octanol–water partition coefficient (Wildman–Crippen LogP) is 2.05. The Bertz CT molecular complexity index is 347. The molecule has 1 aromatic rings. The van der Waals surface area contributed by atoms with Crippen LogP contribution in [0.2, 0.25) is 4.34 Å². The van der Waals surface area contributed by atoms with E-state index in [0.717, 1.165) is 31.7 Å². The number of piperidine rings is 1. The van der Waals surface area contributed by atoms with E-state index >= 15 is 0 Å². The van der Waals surface area contributed by atoms with Crippen LogP contribution in [0.5, 0.6) is 0 Å². The van der Waals surface area contributed by atoms with Crippen LogP contribution in [-0.4, -0.2) is 40.8 Å². The third-order valence-electron chi connectivity index (χ3n) is 3.16. The van der Waals surface area contributed by atoms with Crippen molar-refractivity contribution >= 4 is 23.1 Å². The van der Waals surface area contributed by atoms with Crippen LogP contribution in [0.15, 0.2) is 0 Å². The quantitative estimate of drug-likeness (QED) is 0.835. The number of halogens is 1. The van der Waals surface area contributed by atoms with Gasteiger partial charge in [0.15, 0.2) is 0 Å². The van der Waals surface area contributed by atoms with Gasteiger partial charge in [0, 0.05) is 31.7 Å². The second-order valence-corrected chi connectivity index (χ2v) is 5.62. The second-order valence-electron chi connectivity index (χ2n) is 4.27. The van der Waals surface area contributed by atoms with Gasteiger partial charge in [-0.25, -0.2) is 0 Å². The van der Waals surface area contributed by atoms with Crippen molar-refractivity contribution in [1.29, 1.82) is 0 Å². The molecule has 0 amide bonds. The minimum atomic E-state index is 0.319. The lowest BCUT2D eigenvalue weighted by atomic mass is 9.96. The van der Waals surface area contributed by atoms with Crippen molar-refractivity contribution in [3.63, 3.8) is 0 Å². The van der Waals surface area contributed by atoms with Gasteiger partial charge in [-0.15, -0.1) is 5.10 Å².